The maximum atomic E-state index is 13.1. The zero-order valence-electron chi connectivity index (χ0n) is 8.41. The maximum absolute atomic E-state index is 13.1. The van der Waals surface area contributed by atoms with Gasteiger partial charge in [0.1, 0.15) is 5.82 Å². The Labute approximate surface area is 84.7 Å². The van der Waals surface area contributed by atoms with Crippen molar-refractivity contribution in [3.8, 4) is 0 Å². The molecule has 1 rings (SSSR count). The van der Waals surface area contributed by atoms with Gasteiger partial charge < -0.3 is 0 Å². The van der Waals surface area contributed by atoms with Crippen molar-refractivity contribution in [2.75, 3.05) is 0 Å². The summed E-state index contributed by atoms with van der Waals surface area (Å²) < 4.78 is 13.1. The van der Waals surface area contributed by atoms with Gasteiger partial charge in [0.2, 0.25) is 0 Å². The monoisotopic (exact) mass is 216 g/mol. The zero-order chi connectivity index (χ0) is 10.2. The maximum Gasteiger partial charge on any atom is 0.127 e. The fourth-order valence-electron chi connectivity index (χ4n) is 1.24. The lowest BCUT2D eigenvalue weighted by Gasteiger charge is -2.19. The second-order valence-electron chi connectivity index (χ2n) is 4.28. The van der Waals surface area contributed by atoms with E-state index in [4.69, 9.17) is 11.6 Å². The van der Waals surface area contributed by atoms with Gasteiger partial charge in [0, 0.05) is 10.6 Å². The second kappa shape index (κ2) is 3.43. The molecule has 0 bridgehead atoms. The predicted molar refractivity (Wildman–Crippen MR) is 59.1 cm³/mol. The van der Waals surface area contributed by atoms with Crippen LogP contribution in [0.15, 0.2) is 12.1 Å². The van der Waals surface area contributed by atoms with Crippen LogP contribution in [-0.2, 0) is 0 Å². The van der Waals surface area contributed by atoms with Gasteiger partial charge in [0.15, 0.2) is 0 Å². The van der Waals surface area contributed by atoms with Crippen LogP contribution in [0.3, 0.4) is 0 Å². The van der Waals surface area contributed by atoms with Crippen LogP contribution in [0.5, 0.6) is 0 Å². The lowest BCUT2D eigenvalue weighted by Crippen LogP contribution is -2.38. The summed E-state index contributed by atoms with van der Waals surface area (Å²) in [4.78, 5) is 0. The molecular formula is C10H14ClFSi. The van der Waals surface area contributed by atoms with Gasteiger partial charge in [-0.15, -0.1) is 0 Å². The third-order valence-corrected chi connectivity index (χ3v) is 4.81. The van der Waals surface area contributed by atoms with E-state index in [-0.39, 0.29) is 5.82 Å². The van der Waals surface area contributed by atoms with E-state index in [0.29, 0.717) is 10.6 Å². The zero-order valence-corrected chi connectivity index (χ0v) is 10.2. The van der Waals surface area contributed by atoms with Gasteiger partial charge >= 0.3 is 0 Å². The Balaban J connectivity index is 3.35. The van der Waals surface area contributed by atoms with Gasteiger partial charge in [0.05, 0.1) is 8.07 Å². The highest BCUT2D eigenvalue weighted by molar-refractivity contribution is 6.90. The molecule has 0 aliphatic carbocycles. The molecule has 0 radical (unpaired) electrons. The highest BCUT2D eigenvalue weighted by Crippen LogP contribution is 2.19. The molecule has 0 fully saturated rings. The van der Waals surface area contributed by atoms with E-state index in [0.717, 1.165) is 5.19 Å². The van der Waals surface area contributed by atoms with Crippen molar-refractivity contribution in [3.05, 3.63) is 28.5 Å². The van der Waals surface area contributed by atoms with Gasteiger partial charge in [-0.2, -0.15) is 0 Å². The smallest absolute Gasteiger partial charge is 0.127 e. The van der Waals surface area contributed by atoms with Crippen LogP contribution in [0.25, 0.3) is 0 Å². The molecule has 0 amide bonds. The van der Waals surface area contributed by atoms with Crippen molar-refractivity contribution < 1.29 is 4.39 Å². The van der Waals surface area contributed by atoms with E-state index in [1.807, 2.05) is 6.07 Å². The van der Waals surface area contributed by atoms with Crippen molar-refractivity contribution >= 4 is 24.9 Å². The van der Waals surface area contributed by atoms with E-state index in [9.17, 15) is 4.39 Å². The van der Waals surface area contributed by atoms with Crippen LogP contribution in [0.1, 0.15) is 5.56 Å². The number of rotatable bonds is 1. The summed E-state index contributed by atoms with van der Waals surface area (Å²) in [6, 6.07) is 3.33. The van der Waals surface area contributed by atoms with Crippen molar-refractivity contribution in [3.63, 3.8) is 0 Å². The highest BCUT2D eigenvalue weighted by atomic mass is 35.5. The summed E-state index contributed by atoms with van der Waals surface area (Å²) in [6.07, 6.45) is 0. The Hall–Kier alpha value is -0.343. The van der Waals surface area contributed by atoms with Gasteiger partial charge in [-0.25, -0.2) is 4.39 Å². The molecule has 0 N–H and O–H groups in total. The molecule has 0 nitrogen and oxygen atoms in total. The first-order chi connectivity index (χ1) is 5.84. The first-order valence-electron chi connectivity index (χ1n) is 4.29. The summed E-state index contributed by atoms with van der Waals surface area (Å²) in [7, 11) is -1.43. The van der Waals surface area contributed by atoms with E-state index in [1.54, 1.807) is 6.92 Å². The van der Waals surface area contributed by atoms with Crippen LogP contribution < -0.4 is 5.19 Å². The van der Waals surface area contributed by atoms with Crippen LogP contribution >= 0.6 is 11.6 Å². The Morgan fingerprint density at radius 1 is 1.23 bits per heavy atom. The van der Waals surface area contributed by atoms with Crippen molar-refractivity contribution in [1.29, 1.82) is 0 Å². The molecule has 72 valence electrons. The summed E-state index contributed by atoms with van der Waals surface area (Å²) in [5.74, 6) is -0.216. The Morgan fingerprint density at radius 2 is 1.77 bits per heavy atom. The molecule has 0 saturated carbocycles. The minimum absolute atomic E-state index is 0.216. The molecule has 3 heteroatoms. The van der Waals surface area contributed by atoms with Crippen molar-refractivity contribution in [1.82, 2.24) is 0 Å². The molecule has 0 aromatic heterocycles. The Bertz CT molecular complexity index is 328. The summed E-state index contributed by atoms with van der Waals surface area (Å²) >= 11 is 6.08. The first-order valence-corrected chi connectivity index (χ1v) is 8.17. The second-order valence-corrected chi connectivity index (χ2v) is 9.70. The van der Waals surface area contributed by atoms with Crippen molar-refractivity contribution in [2.45, 2.75) is 26.6 Å². The van der Waals surface area contributed by atoms with Gasteiger partial charge in [0.25, 0.3) is 0 Å². The van der Waals surface area contributed by atoms with E-state index in [1.165, 1.54) is 6.07 Å². The van der Waals surface area contributed by atoms with Gasteiger partial charge in [-0.3, -0.25) is 0 Å². The number of hydrogen-bond donors (Lipinski definition) is 0. The van der Waals surface area contributed by atoms with E-state index in [2.05, 4.69) is 19.6 Å². The molecule has 0 aliphatic heterocycles. The number of halogens is 2. The minimum atomic E-state index is -1.43. The van der Waals surface area contributed by atoms with Gasteiger partial charge in [-0.05, 0) is 18.2 Å². The summed E-state index contributed by atoms with van der Waals surface area (Å²) in [5, 5.41) is 1.74. The first kappa shape index (κ1) is 10.7. The molecule has 13 heavy (non-hydrogen) atoms. The summed E-state index contributed by atoms with van der Waals surface area (Å²) in [5.41, 5.74) is 0.571. The average molecular weight is 217 g/mol. The molecule has 0 heterocycles. The van der Waals surface area contributed by atoms with Crippen molar-refractivity contribution in [2.24, 2.45) is 0 Å². The number of hydrogen-bond acceptors (Lipinski definition) is 0. The van der Waals surface area contributed by atoms with E-state index < -0.39 is 8.07 Å². The molecular weight excluding hydrogens is 203 g/mol. The fraction of sp³-hybridized carbons (Fsp3) is 0.400. The molecule has 0 atom stereocenters. The molecule has 0 saturated heterocycles. The molecule has 0 aliphatic rings. The van der Waals surface area contributed by atoms with Gasteiger partial charge in [-0.1, -0.05) is 37.3 Å². The average Bonchev–Trinajstić information content (AvgIpc) is 1.98. The van der Waals surface area contributed by atoms with E-state index >= 15 is 0 Å². The number of benzene rings is 1. The van der Waals surface area contributed by atoms with Crippen LogP contribution in [0.4, 0.5) is 4.39 Å². The molecule has 1 aromatic rings. The van der Waals surface area contributed by atoms with Crippen LogP contribution in [0, 0.1) is 12.7 Å². The normalized spacial score (nSPS) is 11.8. The SMILES string of the molecule is Cc1c(F)ccc([Si](C)(C)C)c1Cl. The molecule has 0 unspecified atom stereocenters. The summed E-state index contributed by atoms with van der Waals surface area (Å²) in [6.45, 7) is 8.32. The standard InChI is InChI=1S/C10H14ClFSi/c1-7-8(12)5-6-9(10(7)11)13(2,3)4/h5-6H,1-4H3. The van der Waals surface area contributed by atoms with Crippen LogP contribution in [0.2, 0.25) is 24.7 Å². The predicted octanol–water partition coefficient (Wildman–Crippen LogP) is 3.33. The fourth-order valence-corrected chi connectivity index (χ4v) is 3.67. The largest absolute Gasteiger partial charge is 0.207 e. The third-order valence-electron chi connectivity index (χ3n) is 2.13. The van der Waals surface area contributed by atoms with Crippen LogP contribution in [-0.4, -0.2) is 8.07 Å². The Kier molecular flexibility index (Phi) is 2.83. The Morgan fingerprint density at radius 3 is 2.23 bits per heavy atom. The minimum Gasteiger partial charge on any atom is -0.207 e. The highest BCUT2D eigenvalue weighted by Gasteiger charge is 2.21. The lowest BCUT2D eigenvalue weighted by atomic mass is 10.2. The molecule has 0 spiro atoms. The topological polar surface area (TPSA) is 0 Å². The third kappa shape index (κ3) is 2.12. The lowest BCUT2D eigenvalue weighted by molar-refractivity contribution is 0.619. The quantitative estimate of drug-likeness (QED) is 0.632. The molecule has 1 aromatic carbocycles.